The molecule has 2 N–H and O–H groups in total. The first kappa shape index (κ1) is 14.4. The first-order valence-corrected chi connectivity index (χ1v) is 7.32. The largest absolute Gasteiger partial charge is 0.374 e. The Morgan fingerprint density at radius 1 is 1.32 bits per heavy atom. The van der Waals surface area contributed by atoms with Gasteiger partial charge in [0.2, 0.25) is 0 Å². The van der Waals surface area contributed by atoms with Crippen LogP contribution in [0, 0.1) is 5.92 Å². The summed E-state index contributed by atoms with van der Waals surface area (Å²) in [6.45, 7) is 5.65. The van der Waals surface area contributed by atoms with Crippen LogP contribution in [0.1, 0.15) is 31.4 Å². The highest BCUT2D eigenvalue weighted by atomic mass is 15.1. The maximum absolute atomic E-state index is 6.07. The number of anilines is 1. The predicted molar refractivity (Wildman–Crippen MR) is 82.5 cm³/mol. The topological polar surface area (TPSA) is 32.5 Å². The molecule has 1 saturated heterocycles. The van der Waals surface area contributed by atoms with E-state index in [1.165, 1.54) is 37.2 Å². The maximum atomic E-state index is 6.07. The van der Waals surface area contributed by atoms with E-state index in [9.17, 15) is 0 Å². The molecule has 1 atom stereocenters. The first-order chi connectivity index (χ1) is 9.08. The molecule has 2 rings (SSSR count). The fraction of sp³-hybridized carbons (Fsp3) is 0.625. The van der Waals surface area contributed by atoms with Crippen LogP contribution in [0.25, 0.3) is 0 Å². The Kier molecular flexibility index (Phi) is 4.83. The third-order valence-corrected chi connectivity index (χ3v) is 4.21. The summed E-state index contributed by atoms with van der Waals surface area (Å²) in [5.74, 6) is 0.808. The fourth-order valence-corrected chi connectivity index (χ4v) is 2.95. The second-order valence-electron chi connectivity index (χ2n) is 5.97. The van der Waals surface area contributed by atoms with Gasteiger partial charge in [-0.1, -0.05) is 18.2 Å². The van der Waals surface area contributed by atoms with Gasteiger partial charge in [0.25, 0.3) is 0 Å². The number of hydrogen-bond acceptors (Lipinski definition) is 3. The average Bonchev–Trinajstić information content (AvgIpc) is 2.41. The number of piperidine rings is 1. The lowest BCUT2D eigenvalue weighted by Crippen LogP contribution is -2.36. The second kappa shape index (κ2) is 6.40. The monoisotopic (exact) mass is 261 g/mol. The second-order valence-corrected chi connectivity index (χ2v) is 5.97. The SMILES string of the molecule is C[C@@H](N)c1ccccc1N(C)CC1CCN(C)CC1. The van der Waals surface area contributed by atoms with Crippen LogP contribution in [0.5, 0.6) is 0 Å². The quantitative estimate of drug-likeness (QED) is 0.904. The highest BCUT2D eigenvalue weighted by molar-refractivity contribution is 5.54. The van der Waals surface area contributed by atoms with E-state index in [-0.39, 0.29) is 6.04 Å². The normalized spacial score (nSPS) is 19.4. The third kappa shape index (κ3) is 3.71. The summed E-state index contributed by atoms with van der Waals surface area (Å²) in [5.41, 5.74) is 8.61. The number of hydrogen-bond donors (Lipinski definition) is 1. The smallest absolute Gasteiger partial charge is 0.0412 e. The predicted octanol–water partition coefficient (Wildman–Crippen LogP) is 2.48. The van der Waals surface area contributed by atoms with Crippen molar-refractivity contribution < 1.29 is 0 Å². The molecule has 3 heteroatoms. The molecule has 1 fully saturated rings. The van der Waals surface area contributed by atoms with Gasteiger partial charge in [-0.2, -0.15) is 0 Å². The molecule has 0 aliphatic carbocycles. The van der Waals surface area contributed by atoms with Crippen molar-refractivity contribution in [3.8, 4) is 0 Å². The molecule has 0 saturated carbocycles. The van der Waals surface area contributed by atoms with Gasteiger partial charge in [-0.3, -0.25) is 0 Å². The van der Waals surface area contributed by atoms with Gasteiger partial charge >= 0.3 is 0 Å². The fourth-order valence-electron chi connectivity index (χ4n) is 2.95. The zero-order valence-corrected chi connectivity index (χ0v) is 12.5. The summed E-state index contributed by atoms with van der Waals surface area (Å²) in [4.78, 5) is 4.81. The van der Waals surface area contributed by atoms with E-state index in [2.05, 4.69) is 55.1 Å². The highest BCUT2D eigenvalue weighted by Gasteiger charge is 2.19. The van der Waals surface area contributed by atoms with Crippen molar-refractivity contribution >= 4 is 5.69 Å². The van der Waals surface area contributed by atoms with Gasteiger partial charge in [-0.05, 0) is 57.5 Å². The van der Waals surface area contributed by atoms with Crippen LogP contribution in [0.4, 0.5) is 5.69 Å². The number of likely N-dealkylation sites (tertiary alicyclic amines) is 1. The van der Waals surface area contributed by atoms with Crippen molar-refractivity contribution in [3.05, 3.63) is 29.8 Å². The van der Waals surface area contributed by atoms with Gasteiger partial charge in [-0.25, -0.2) is 0 Å². The summed E-state index contributed by atoms with van der Waals surface area (Å²) in [6.07, 6.45) is 2.61. The molecule has 19 heavy (non-hydrogen) atoms. The minimum Gasteiger partial charge on any atom is -0.374 e. The molecule has 0 unspecified atom stereocenters. The van der Waals surface area contributed by atoms with Gasteiger partial charge in [-0.15, -0.1) is 0 Å². The van der Waals surface area contributed by atoms with Gasteiger partial charge in [0.05, 0.1) is 0 Å². The van der Waals surface area contributed by atoms with Gasteiger partial charge in [0, 0.05) is 25.3 Å². The van der Waals surface area contributed by atoms with E-state index in [1.54, 1.807) is 0 Å². The molecule has 0 radical (unpaired) electrons. The molecule has 1 aliphatic heterocycles. The summed E-state index contributed by atoms with van der Waals surface area (Å²) < 4.78 is 0. The van der Waals surface area contributed by atoms with Crippen LogP contribution in [0.15, 0.2) is 24.3 Å². The molecule has 1 heterocycles. The Morgan fingerprint density at radius 2 is 1.95 bits per heavy atom. The zero-order valence-electron chi connectivity index (χ0n) is 12.5. The Balaban J connectivity index is 2.01. The summed E-state index contributed by atoms with van der Waals surface area (Å²) in [7, 11) is 4.41. The zero-order chi connectivity index (χ0) is 13.8. The van der Waals surface area contributed by atoms with E-state index in [1.807, 2.05) is 0 Å². The van der Waals surface area contributed by atoms with Crippen LogP contribution >= 0.6 is 0 Å². The van der Waals surface area contributed by atoms with E-state index < -0.39 is 0 Å². The summed E-state index contributed by atoms with van der Waals surface area (Å²) in [5, 5.41) is 0. The standard InChI is InChI=1S/C16H27N3/c1-13(17)15-6-4-5-7-16(15)19(3)12-14-8-10-18(2)11-9-14/h4-7,13-14H,8-12,17H2,1-3H3/t13-/m1/s1. The van der Waals surface area contributed by atoms with Crippen molar-refractivity contribution in [1.82, 2.24) is 4.90 Å². The Bertz CT molecular complexity index is 395. The van der Waals surface area contributed by atoms with Gasteiger partial charge in [0.1, 0.15) is 0 Å². The lowest BCUT2D eigenvalue weighted by Gasteiger charge is -2.33. The summed E-state index contributed by atoms with van der Waals surface area (Å²) >= 11 is 0. The van der Waals surface area contributed by atoms with Crippen LogP contribution in [-0.4, -0.2) is 38.6 Å². The Morgan fingerprint density at radius 3 is 2.58 bits per heavy atom. The first-order valence-electron chi connectivity index (χ1n) is 7.32. The van der Waals surface area contributed by atoms with Gasteiger partial charge < -0.3 is 15.5 Å². The van der Waals surface area contributed by atoms with Crippen molar-refractivity contribution in [2.75, 3.05) is 38.6 Å². The van der Waals surface area contributed by atoms with E-state index in [0.717, 1.165) is 12.5 Å². The number of para-hydroxylation sites is 1. The number of rotatable bonds is 4. The van der Waals surface area contributed by atoms with E-state index >= 15 is 0 Å². The maximum Gasteiger partial charge on any atom is 0.0412 e. The van der Waals surface area contributed by atoms with Crippen LogP contribution in [0.3, 0.4) is 0 Å². The van der Waals surface area contributed by atoms with Crippen LogP contribution in [-0.2, 0) is 0 Å². The molecule has 106 valence electrons. The molecule has 0 bridgehead atoms. The molecule has 1 aromatic carbocycles. The molecule has 3 nitrogen and oxygen atoms in total. The minimum atomic E-state index is 0.0936. The van der Waals surface area contributed by atoms with Gasteiger partial charge in [0.15, 0.2) is 0 Å². The average molecular weight is 261 g/mol. The molecular formula is C16H27N3. The number of nitrogens with zero attached hydrogens (tertiary/aromatic N) is 2. The Hall–Kier alpha value is -1.06. The van der Waals surface area contributed by atoms with Crippen molar-refractivity contribution in [1.29, 1.82) is 0 Å². The van der Waals surface area contributed by atoms with E-state index in [0.29, 0.717) is 0 Å². The lowest BCUT2D eigenvalue weighted by atomic mass is 9.96. The van der Waals surface area contributed by atoms with Crippen LogP contribution < -0.4 is 10.6 Å². The molecule has 1 aliphatic rings. The third-order valence-electron chi connectivity index (χ3n) is 4.21. The number of nitrogens with two attached hydrogens (primary N) is 1. The van der Waals surface area contributed by atoms with Crippen molar-refractivity contribution in [2.24, 2.45) is 11.7 Å². The molecule has 0 spiro atoms. The molecular weight excluding hydrogens is 234 g/mol. The molecule has 0 amide bonds. The van der Waals surface area contributed by atoms with Crippen molar-refractivity contribution in [2.45, 2.75) is 25.8 Å². The molecule has 1 aromatic rings. The molecule has 0 aromatic heterocycles. The van der Waals surface area contributed by atoms with Crippen LogP contribution in [0.2, 0.25) is 0 Å². The Labute approximate surface area is 117 Å². The highest BCUT2D eigenvalue weighted by Crippen LogP contribution is 2.26. The minimum absolute atomic E-state index is 0.0936. The van der Waals surface area contributed by atoms with Crippen molar-refractivity contribution in [3.63, 3.8) is 0 Å². The number of benzene rings is 1. The summed E-state index contributed by atoms with van der Waals surface area (Å²) in [6, 6.07) is 8.60. The van der Waals surface area contributed by atoms with E-state index in [4.69, 9.17) is 5.73 Å². The lowest BCUT2D eigenvalue weighted by molar-refractivity contribution is 0.222.